The van der Waals surface area contributed by atoms with E-state index in [-0.39, 0.29) is 11.5 Å². The Kier molecular flexibility index (Phi) is 5.17. The molecule has 1 N–H and O–H groups in total. The summed E-state index contributed by atoms with van der Waals surface area (Å²) in [6, 6.07) is 2.09. The van der Waals surface area contributed by atoms with E-state index >= 15 is 0 Å². The van der Waals surface area contributed by atoms with Crippen LogP contribution in [0.5, 0.6) is 0 Å². The highest BCUT2D eigenvalue weighted by Crippen LogP contribution is 2.65. The summed E-state index contributed by atoms with van der Waals surface area (Å²) in [6.45, 7) is 13.1. The molecule has 4 saturated carbocycles. The number of nitrogens with zero attached hydrogens (tertiary/aromatic N) is 4. The van der Waals surface area contributed by atoms with Crippen LogP contribution in [0.4, 0.5) is 0 Å². The zero-order valence-electron chi connectivity index (χ0n) is 19.0. The minimum absolute atomic E-state index is 0.0564. The minimum atomic E-state index is -0.448. The van der Waals surface area contributed by atoms with Crippen molar-refractivity contribution in [1.82, 2.24) is 9.78 Å². The van der Waals surface area contributed by atoms with Crippen molar-refractivity contribution in [1.29, 1.82) is 5.26 Å². The Bertz CT molecular complexity index is 907. The summed E-state index contributed by atoms with van der Waals surface area (Å²) in [6.07, 6.45) is 14.2. The maximum atomic E-state index is 10.6. The minimum Gasteiger partial charge on any atom is -0.390 e. The summed E-state index contributed by atoms with van der Waals surface area (Å²) in [5, 5.41) is 24.0. The molecule has 4 aliphatic rings. The van der Waals surface area contributed by atoms with Crippen LogP contribution in [0, 0.1) is 58.8 Å². The molecule has 0 radical (unpaired) electrons. The lowest BCUT2D eigenvalue weighted by atomic mass is 9.48. The Morgan fingerprint density at radius 3 is 2.74 bits per heavy atom. The van der Waals surface area contributed by atoms with Crippen molar-refractivity contribution in [2.75, 3.05) is 0 Å². The zero-order chi connectivity index (χ0) is 21.8. The van der Waals surface area contributed by atoms with Crippen molar-refractivity contribution >= 4 is 0 Å². The van der Waals surface area contributed by atoms with Gasteiger partial charge in [0.2, 0.25) is 6.04 Å². The van der Waals surface area contributed by atoms with E-state index in [1.54, 1.807) is 12.4 Å². The molecule has 31 heavy (non-hydrogen) atoms. The molecule has 0 saturated heterocycles. The summed E-state index contributed by atoms with van der Waals surface area (Å²) < 4.78 is 1.81. The van der Waals surface area contributed by atoms with Gasteiger partial charge in [0.25, 0.3) is 0 Å². The maximum Gasteiger partial charge on any atom is 0.246 e. The maximum absolute atomic E-state index is 10.6. The molecule has 0 unspecified atom stereocenters. The van der Waals surface area contributed by atoms with Gasteiger partial charge in [0.15, 0.2) is 0 Å². The highest BCUT2D eigenvalue weighted by molar-refractivity contribution is 5.21. The number of aliphatic hydroxyl groups is 1. The van der Waals surface area contributed by atoms with Crippen molar-refractivity contribution in [2.45, 2.75) is 89.8 Å². The van der Waals surface area contributed by atoms with E-state index in [1.165, 1.54) is 38.5 Å². The highest BCUT2D eigenvalue weighted by atomic mass is 16.3. The van der Waals surface area contributed by atoms with Crippen LogP contribution in [-0.4, -0.2) is 26.5 Å². The molecule has 9 atom stereocenters. The lowest BCUT2D eigenvalue weighted by molar-refractivity contribution is -0.100. The van der Waals surface area contributed by atoms with E-state index in [9.17, 15) is 5.11 Å². The van der Waals surface area contributed by atoms with Crippen LogP contribution in [0.15, 0.2) is 12.4 Å². The molecule has 5 heteroatoms. The van der Waals surface area contributed by atoms with Gasteiger partial charge in [0, 0.05) is 12.1 Å². The smallest absolute Gasteiger partial charge is 0.246 e. The van der Waals surface area contributed by atoms with Crippen LogP contribution >= 0.6 is 0 Å². The number of fused-ring (bicyclic) bond motifs is 5. The second kappa shape index (κ2) is 7.63. The molecule has 4 fully saturated rings. The third-order valence-corrected chi connectivity index (χ3v) is 10.1. The molecule has 0 bridgehead atoms. The zero-order valence-corrected chi connectivity index (χ0v) is 19.0. The number of rotatable bonds is 3. The molecular weight excluding hydrogens is 384 g/mol. The topological polar surface area (TPSA) is 66.2 Å². The number of aromatic nitrogens is 2. The average molecular weight is 421 g/mol. The van der Waals surface area contributed by atoms with Crippen molar-refractivity contribution in [2.24, 2.45) is 40.9 Å². The van der Waals surface area contributed by atoms with Crippen LogP contribution in [0.25, 0.3) is 4.85 Å². The quantitative estimate of drug-likeness (QED) is 0.695. The number of hydrogen-bond acceptors (Lipinski definition) is 3. The molecule has 0 aromatic carbocycles. The Labute approximate surface area is 186 Å². The van der Waals surface area contributed by atoms with Gasteiger partial charge in [-0.25, -0.2) is 6.57 Å². The monoisotopic (exact) mass is 420 g/mol. The van der Waals surface area contributed by atoms with Crippen molar-refractivity contribution in [3.8, 4) is 6.07 Å². The second-order valence-corrected chi connectivity index (χ2v) is 11.7. The molecule has 4 aliphatic carbocycles. The van der Waals surface area contributed by atoms with Crippen LogP contribution in [0.2, 0.25) is 0 Å². The molecule has 0 amide bonds. The first-order valence-corrected chi connectivity index (χ1v) is 12.4. The van der Waals surface area contributed by atoms with E-state index in [1.807, 2.05) is 11.6 Å². The fraction of sp³-hybridized carbons (Fsp3) is 0.808. The fourth-order valence-corrected chi connectivity index (χ4v) is 8.73. The summed E-state index contributed by atoms with van der Waals surface area (Å²) in [5.41, 5.74) is 0.383. The summed E-state index contributed by atoms with van der Waals surface area (Å²) >= 11 is 0. The second-order valence-electron chi connectivity index (χ2n) is 11.7. The summed E-state index contributed by atoms with van der Waals surface area (Å²) in [7, 11) is 0. The van der Waals surface area contributed by atoms with Gasteiger partial charge >= 0.3 is 0 Å². The molecule has 0 aliphatic heterocycles. The average Bonchev–Trinajstić information content (AvgIpc) is 3.34. The van der Waals surface area contributed by atoms with E-state index in [0.717, 1.165) is 48.9 Å². The van der Waals surface area contributed by atoms with Gasteiger partial charge in [-0.2, -0.15) is 10.4 Å². The van der Waals surface area contributed by atoms with Crippen LogP contribution < -0.4 is 0 Å². The Balaban J connectivity index is 1.33. The predicted octanol–water partition coefficient (Wildman–Crippen LogP) is 5.06. The first kappa shape index (κ1) is 21.0. The standard InChI is InChI=1S/C26H36N4O/c1-25(31)10-8-19-18(12-25)4-5-21-20(19)9-11-26(2)22(21)6-7-23(26)24(28-3)16-30-15-17(13-27)14-29-30/h14-15,18-24,31H,4-12,16H2,1-2H3/t18-,19+,20-,21-,22+,23-,24+,25-,26+/m1/s1. The third-order valence-electron chi connectivity index (χ3n) is 10.1. The molecular formula is C26H36N4O. The molecule has 5 nitrogen and oxygen atoms in total. The first-order valence-electron chi connectivity index (χ1n) is 12.4. The molecule has 1 aromatic heterocycles. The third kappa shape index (κ3) is 3.50. The van der Waals surface area contributed by atoms with Crippen molar-refractivity contribution < 1.29 is 5.11 Å². The number of hydrogen-bond donors (Lipinski definition) is 1. The van der Waals surface area contributed by atoms with E-state index < -0.39 is 5.60 Å². The van der Waals surface area contributed by atoms with Gasteiger partial charge in [-0.1, -0.05) is 6.92 Å². The van der Waals surface area contributed by atoms with Crippen LogP contribution in [0.1, 0.15) is 77.2 Å². The van der Waals surface area contributed by atoms with Gasteiger partial charge in [-0.05, 0) is 99.7 Å². The summed E-state index contributed by atoms with van der Waals surface area (Å²) in [4.78, 5) is 4.10. The van der Waals surface area contributed by atoms with Crippen LogP contribution in [-0.2, 0) is 6.54 Å². The first-order chi connectivity index (χ1) is 14.8. The lowest BCUT2D eigenvalue weighted by Gasteiger charge is -2.57. The van der Waals surface area contributed by atoms with Gasteiger partial charge in [-0.15, -0.1) is 0 Å². The van der Waals surface area contributed by atoms with Crippen LogP contribution in [0.3, 0.4) is 0 Å². The Morgan fingerprint density at radius 2 is 2.00 bits per heavy atom. The normalized spacial score (nSPS) is 44.9. The van der Waals surface area contributed by atoms with Crippen molar-refractivity contribution in [3.63, 3.8) is 0 Å². The largest absolute Gasteiger partial charge is 0.390 e. The summed E-state index contributed by atoms with van der Waals surface area (Å²) in [5.74, 6) is 4.35. The Hall–Kier alpha value is -1.85. The molecule has 0 spiro atoms. The van der Waals surface area contributed by atoms with E-state index in [0.29, 0.717) is 18.0 Å². The molecule has 1 heterocycles. The molecule has 5 rings (SSSR count). The van der Waals surface area contributed by atoms with E-state index in [4.69, 9.17) is 11.8 Å². The van der Waals surface area contributed by atoms with Gasteiger partial charge in [0.1, 0.15) is 12.6 Å². The fourth-order valence-electron chi connectivity index (χ4n) is 8.73. The van der Waals surface area contributed by atoms with E-state index in [2.05, 4.69) is 22.9 Å². The predicted molar refractivity (Wildman–Crippen MR) is 119 cm³/mol. The molecule has 166 valence electrons. The highest BCUT2D eigenvalue weighted by Gasteiger charge is 2.60. The van der Waals surface area contributed by atoms with Gasteiger partial charge in [0.05, 0.1) is 17.4 Å². The number of nitriles is 1. The van der Waals surface area contributed by atoms with Gasteiger partial charge < -0.3 is 9.95 Å². The Morgan fingerprint density at radius 1 is 1.19 bits per heavy atom. The SMILES string of the molecule is [C-]#[N+][C@@H](Cn1cc(C#N)cn1)[C@H]1CC[C@H]2[C@@H]3CC[C@@H]4C[C@](C)(O)CC[C@@H]4[C@H]3CC[C@]12C. The lowest BCUT2D eigenvalue weighted by Crippen LogP contribution is -2.51. The van der Waals surface area contributed by atoms with Gasteiger partial charge in [-0.3, -0.25) is 4.68 Å². The molecule has 1 aromatic rings. The van der Waals surface area contributed by atoms with Crippen molar-refractivity contribution in [3.05, 3.63) is 29.4 Å².